The monoisotopic (exact) mass is 280 g/mol. The van der Waals surface area contributed by atoms with E-state index >= 15 is 0 Å². The summed E-state index contributed by atoms with van der Waals surface area (Å²) in [6.07, 6.45) is 3.46. The van der Waals surface area contributed by atoms with Gasteiger partial charge < -0.3 is 21.1 Å². The van der Waals surface area contributed by atoms with E-state index in [0.29, 0.717) is 25.5 Å². The third-order valence-corrected chi connectivity index (χ3v) is 3.14. The summed E-state index contributed by atoms with van der Waals surface area (Å²) < 4.78 is 5.38. The predicted octanol–water partition coefficient (Wildman–Crippen LogP) is 0.0868. The van der Waals surface area contributed by atoms with Crippen molar-refractivity contribution in [2.75, 3.05) is 23.8 Å². The SMILES string of the molecule is CCCOc1nc(N)nc(N2CCCCC2C(N)=O)n1. The summed E-state index contributed by atoms with van der Waals surface area (Å²) >= 11 is 0. The molecule has 0 aliphatic carbocycles. The second-order valence-electron chi connectivity index (χ2n) is 4.73. The Labute approximate surface area is 117 Å². The van der Waals surface area contributed by atoms with Gasteiger partial charge in [0.2, 0.25) is 17.8 Å². The van der Waals surface area contributed by atoms with Crippen LogP contribution in [0, 0.1) is 0 Å². The number of primary amides is 1. The fourth-order valence-electron chi connectivity index (χ4n) is 2.21. The molecule has 1 aromatic rings. The maximum Gasteiger partial charge on any atom is 0.323 e. The largest absolute Gasteiger partial charge is 0.463 e. The number of nitrogens with zero attached hydrogens (tertiary/aromatic N) is 4. The van der Waals surface area contributed by atoms with Gasteiger partial charge in [0.05, 0.1) is 6.61 Å². The molecule has 4 N–H and O–H groups in total. The van der Waals surface area contributed by atoms with Crippen molar-refractivity contribution in [3.63, 3.8) is 0 Å². The van der Waals surface area contributed by atoms with Crippen molar-refractivity contribution in [1.82, 2.24) is 15.0 Å². The van der Waals surface area contributed by atoms with Gasteiger partial charge in [0, 0.05) is 6.54 Å². The Morgan fingerprint density at radius 1 is 1.40 bits per heavy atom. The Hall–Kier alpha value is -2.12. The second kappa shape index (κ2) is 6.36. The highest BCUT2D eigenvalue weighted by Crippen LogP contribution is 2.23. The van der Waals surface area contributed by atoms with Crippen molar-refractivity contribution >= 4 is 17.8 Å². The van der Waals surface area contributed by atoms with E-state index in [9.17, 15) is 4.79 Å². The summed E-state index contributed by atoms with van der Waals surface area (Å²) in [5.74, 6) is 0.0571. The zero-order chi connectivity index (χ0) is 14.5. The number of hydrogen-bond acceptors (Lipinski definition) is 7. The first kappa shape index (κ1) is 14.3. The van der Waals surface area contributed by atoms with Crippen molar-refractivity contribution < 1.29 is 9.53 Å². The van der Waals surface area contributed by atoms with Gasteiger partial charge in [-0.3, -0.25) is 4.79 Å². The molecule has 8 nitrogen and oxygen atoms in total. The summed E-state index contributed by atoms with van der Waals surface area (Å²) in [7, 11) is 0. The van der Waals surface area contributed by atoms with Crippen LogP contribution >= 0.6 is 0 Å². The minimum absolute atomic E-state index is 0.0786. The van der Waals surface area contributed by atoms with Gasteiger partial charge in [-0.15, -0.1) is 0 Å². The zero-order valence-corrected chi connectivity index (χ0v) is 11.6. The van der Waals surface area contributed by atoms with E-state index in [-0.39, 0.29) is 17.9 Å². The molecule has 0 spiro atoms. The van der Waals surface area contributed by atoms with Crippen LogP contribution in [0.3, 0.4) is 0 Å². The molecule has 110 valence electrons. The minimum atomic E-state index is -0.399. The van der Waals surface area contributed by atoms with Crippen LogP contribution < -0.4 is 21.1 Å². The molecule has 0 aromatic carbocycles. The summed E-state index contributed by atoms with van der Waals surface area (Å²) in [4.78, 5) is 25.5. The second-order valence-corrected chi connectivity index (χ2v) is 4.73. The molecule has 20 heavy (non-hydrogen) atoms. The van der Waals surface area contributed by atoms with Gasteiger partial charge in [0.25, 0.3) is 0 Å². The van der Waals surface area contributed by atoms with E-state index in [2.05, 4.69) is 15.0 Å². The summed E-state index contributed by atoms with van der Waals surface area (Å²) in [6.45, 7) is 3.16. The topological polar surface area (TPSA) is 120 Å². The van der Waals surface area contributed by atoms with Crippen LogP contribution in [0.25, 0.3) is 0 Å². The average Bonchev–Trinajstić information content (AvgIpc) is 2.44. The van der Waals surface area contributed by atoms with Crippen LogP contribution in [0.15, 0.2) is 0 Å². The number of aromatic nitrogens is 3. The highest BCUT2D eigenvalue weighted by Gasteiger charge is 2.29. The van der Waals surface area contributed by atoms with E-state index in [1.165, 1.54) is 0 Å². The fraction of sp³-hybridized carbons (Fsp3) is 0.667. The highest BCUT2D eigenvalue weighted by atomic mass is 16.5. The minimum Gasteiger partial charge on any atom is -0.463 e. The highest BCUT2D eigenvalue weighted by molar-refractivity contribution is 5.83. The normalized spacial score (nSPS) is 18.9. The summed E-state index contributed by atoms with van der Waals surface area (Å²) in [5.41, 5.74) is 11.1. The first-order valence-electron chi connectivity index (χ1n) is 6.82. The molecule has 1 unspecified atom stereocenters. The van der Waals surface area contributed by atoms with E-state index in [0.717, 1.165) is 19.3 Å². The van der Waals surface area contributed by atoms with E-state index < -0.39 is 6.04 Å². The number of hydrogen-bond donors (Lipinski definition) is 2. The molecule has 2 rings (SSSR count). The van der Waals surface area contributed by atoms with E-state index in [1.54, 1.807) is 4.90 Å². The quantitative estimate of drug-likeness (QED) is 0.783. The maximum absolute atomic E-state index is 11.5. The van der Waals surface area contributed by atoms with Gasteiger partial charge in [-0.25, -0.2) is 0 Å². The van der Waals surface area contributed by atoms with Gasteiger partial charge in [0.1, 0.15) is 6.04 Å². The van der Waals surface area contributed by atoms with Gasteiger partial charge in [-0.2, -0.15) is 15.0 Å². The van der Waals surface area contributed by atoms with Crippen molar-refractivity contribution in [2.45, 2.75) is 38.6 Å². The van der Waals surface area contributed by atoms with E-state index in [4.69, 9.17) is 16.2 Å². The summed E-state index contributed by atoms with van der Waals surface area (Å²) in [6, 6.07) is -0.215. The number of piperidine rings is 1. The van der Waals surface area contributed by atoms with Crippen LogP contribution in [-0.4, -0.2) is 40.1 Å². The average molecular weight is 280 g/mol. The molecule has 0 radical (unpaired) electrons. The molecule has 1 amide bonds. The number of nitrogen functional groups attached to an aromatic ring is 1. The van der Waals surface area contributed by atoms with Crippen LogP contribution in [-0.2, 0) is 4.79 Å². The van der Waals surface area contributed by atoms with Crippen molar-refractivity contribution in [3.05, 3.63) is 0 Å². The molecular weight excluding hydrogens is 260 g/mol. The zero-order valence-electron chi connectivity index (χ0n) is 11.6. The first-order valence-corrected chi connectivity index (χ1v) is 6.82. The maximum atomic E-state index is 11.5. The first-order chi connectivity index (χ1) is 9.61. The third-order valence-electron chi connectivity index (χ3n) is 3.14. The molecular formula is C12H20N6O2. The van der Waals surface area contributed by atoms with Crippen molar-refractivity contribution in [2.24, 2.45) is 5.73 Å². The van der Waals surface area contributed by atoms with Gasteiger partial charge >= 0.3 is 6.01 Å². The number of ether oxygens (including phenoxy) is 1. The van der Waals surface area contributed by atoms with E-state index in [1.807, 2.05) is 6.92 Å². The van der Waals surface area contributed by atoms with Gasteiger partial charge in [-0.1, -0.05) is 6.92 Å². The molecule has 1 aliphatic heterocycles. The fourth-order valence-corrected chi connectivity index (χ4v) is 2.21. The molecule has 8 heteroatoms. The molecule has 0 saturated carbocycles. The van der Waals surface area contributed by atoms with Crippen molar-refractivity contribution in [1.29, 1.82) is 0 Å². The summed E-state index contributed by atoms with van der Waals surface area (Å²) in [5, 5.41) is 0. The lowest BCUT2D eigenvalue weighted by atomic mass is 10.0. The number of nitrogens with two attached hydrogens (primary N) is 2. The number of carbonyl (C=O) groups is 1. The Bertz CT molecular complexity index is 481. The molecule has 2 heterocycles. The molecule has 1 atom stereocenters. The number of anilines is 2. The molecule has 1 aromatic heterocycles. The Morgan fingerprint density at radius 2 is 2.20 bits per heavy atom. The van der Waals surface area contributed by atoms with Crippen LogP contribution in [0.2, 0.25) is 0 Å². The Kier molecular flexibility index (Phi) is 4.54. The number of carbonyl (C=O) groups excluding carboxylic acids is 1. The van der Waals surface area contributed by atoms with Gasteiger partial charge in [0.15, 0.2) is 0 Å². The smallest absolute Gasteiger partial charge is 0.323 e. The molecule has 1 saturated heterocycles. The lowest BCUT2D eigenvalue weighted by molar-refractivity contribution is -0.119. The van der Waals surface area contributed by atoms with Crippen LogP contribution in [0.4, 0.5) is 11.9 Å². The Morgan fingerprint density at radius 3 is 2.90 bits per heavy atom. The van der Waals surface area contributed by atoms with Crippen LogP contribution in [0.1, 0.15) is 32.6 Å². The van der Waals surface area contributed by atoms with Crippen molar-refractivity contribution in [3.8, 4) is 6.01 Å². The lowest BCUT2D eigenvalue weighted by Crippen LogP contribution is -2.48. The van der Waals surface area contributed by atoms with Crippen LogP contribution in [0.5, 0.6) is 6.01 Å². The third kappa shape index (κ3) is 3.25. The molecule has 1 fully saturated rings. The molecule has 1 aliphatic rings. The molecule has 0 bridgehead atoms. The van der Waals surface area contributed by atoms with Gasteiger partial charge in [-0.05, 0) is 25.7 Å². The standard InChI is InChI=1S/C12H20N6O2/c1-2-7-20-12-16-10(14)15-11(17-12)18-6-4-3-5-8(18)9(13)19/h8H,2-7H2,1H3,(H2,13,19)(H2,14,15,16,17). The number of amides is 1. The predicted molar refractivity (Wildman–Crippen MR) is 74.2 cm³/mol. The lowest BCUT2D eigenvalue weighted by Gasteiger charge is -2.33. The Balaban J connectivity index is 2.25. The number of rotatable bonds is 5.